The molecule has 0 saturated carbocycles. The van der Waals surface area contributed by atoms with E-state index < -0.39 is 12.1 Å². The van der Waals surface area contributed by atoms with E-state index in [9.17, 15) is 14.4 Å². The summed E-state index contributed by atoms with van der Waals surface area (Å²) >= 11 is 0. The van der Waals surface area contributed by atoms with Crippen molar-refractivity contribution < 1.29 is 19.1 Å². The van der Waals surface area contributed by atoms with Gasteiger partial charge < -0.3 is 10.1 Å². The van der Waals surface area contributed by atoms with Crippen LogP contribution in [0.5, 0.6) is 0 Å². The summed E-state index contributed by atoms with van der Waals surface area (Å²) < 4.78 is 5.69. The molecule has 1 amide bonds. The van der Waals surface area contributed by atoms with Crippen molar-refractivity contribution in [3.63, 3.8) is 0 Å². The van der Waals surface area contributed by atoms with E-state index in [0.29, 0.717) is 22.4 Å². The first-order valence-corrected chi connectivity index (χ1v) is 11.3. The Hall–Kier alpha value is -4.51. The Labute approximate surface area is 204 Å². The number of anilines is 1. The molecule has 1 atom stereocenters. The van der Waals surface area contributed by atoms with Crippen LogP contribution in [0.2, 0.25) is 0 Å². The molecule has 0 heterocycles. The Balaban J connectivity index is 1.49. The Morgan fingerprint density at radius 3 is 1.71 bits per heavy atom. The molecule has 4 aromatic rings. The Kier molecular flexibility index (Phi) is 7.17. The smallest absolute Gasteiger partial charge is 0.339 e. The molecule has 0 aliphatic rings. The van der Waals surface area contributed by atoms with Crippen LogP contribution in [0.1, 0.15) is 53.9 Å². The first-order chi connectivity index (χ1) is 16.9. The van der Waals surface area contributed by atoms with E-state index in [0.717, 1.165) is 11.1 Å². The molecular formula is C30H25NO4. The molecule has 4 rings (SSSR count). The van der Waals surface area contributed by atoms with Crippen LogP contribution >= 0.6 is 0 Å². The van der Waals surface area contributed by atoms with Crippen molar-refractivity contribution in [2.45, 2.75) is 20.0 Å². The number of nitrogens with one attached hydrogen (secondary N) is 1. The highest BCUT2D eigenvalue weighted by atomic mass is 16.5. The average Bonchev–Trinajstić information content (AvgIpc) is 2.88. The van der Waals surface area contributed by atoms with E-state index in [1.54, 1.807) is 72.8 Å². The van der Waals surface area contributed by atoms with Crippen molar-refractivity contribution in [3.05, 3.63) is 137 Å². The quantitative estimate of drug-likeness (QED) is 0.257. The molecule has 0 spiro atoms. The van der Waals surface area contributed by atoms with Gasteiger partial charge in [0.25, 0.3) is 5.91 Å². The van der Waals surface area contributed by atoms with Crippen LogP contribution in [0.15, 0.2) is 103 Å². The minimum absolute atomic E-state index is 0.242. The third kappa shape index (κ3) is 5.89. The van der Waals surface area contributed by atoms with Crippen molar-refractivity contribution in [2.75, 3.05) is 5.32 Å². The maximum atomic E-state index is 13.2. The lowest BCUT2D eigenvalue weighted by Gasteiger charge is -2.18. The van der Waals surface area contributed by atoms with Crippen LogP contribution < -0.4 is 5.32 Å². The van der Waals surface area contributed by atoms with Crippen LogP contribution in [0, 0.1) is 13.8 Å². The minimum atomic E-state index is -1.08. The number of amides is 1. The monoisotopic (exact) mass is 463 g/mol. The van der Waals surface area contributed by atoms with E-state index in [1.807, 2.05) is 44.2 Å². The largest absolute Gasteiger partial charge is 0.445 e. The van der Waals surface area contributed by atoms with Crippen molar-refractivity contribution in [3.8, 4) is 0 Å². The number of ketones is 1. The number of Topliss-reactive ketones (excluding diaryl/α,β-unsaturated/α-hetero) is 1. The summed E-state index contributed by atoms with van der Waals surface area (Å²) in [5.74, 6) is -1.17. The molecule has 0 unspecified atom stereocenters. The van der Waals surface area contributed by atoms with Crippen LogP contribution in [-0.2, 0) is 4.74 Å². The fraction of sp³-hybridized carbons (Fsp3) is 0.100. The number of carbonyl (C=O) groups excluding carboxylic acids is 3. The maximum Gasteiger partial charge on any atom is 0.339 e. The van der Waals surface area contributed by atoms with Crippen molar-refractivity contribution in [2.24, 2.45) is 0 Å². The Morgan fingerprint density at radius 1 is 0.629 bits per heavy atom. The number of hydrogen-bond acceptors (Lipinski definition) is 4. The zero-order chi connectivity index (χ0) is 24.8. The zero-order valence-corrected chi connectivity index (χ0v) is 19.5. The summed E-state index contributed by atoms with van der Waals surface area (Å²) in [7, 11) is 0. The second-order valence-corrected chi connectivity index (χ2v) is 8.32. The van der Waals surface area contributed by atoms with E-state index in [-0.39, 0.29) is 17.3 Å². The van der Waals surface area contributed by atoms with Crippen molar-refractivity contribution >= 4 is 23.3 Å². The zero-order valence-electron chi connectivity index (χ0n) is 19.5. The summed E-state index contributed by atoms with van der Waals surface area (Å²) in [5, 5.41) is 2.81. The lowest BCUT2D eigenvalue weighted by atomic mass is 9.99. The number of ether oxygens (including phenoxy) is 1. The molecule has 0 aliphatic heterocycles. The Bertz CT molecular complexity index is 1330. The standard InChI is InChI=1S/C30H25NO4/c1-20-8-12-22(13-9-20)27(32)28(23-6-4-3-5-7-23)35-30(34)25-16-18-26(19-17-25)31-29(33)24-14-10-21(2)11-15-24/h3-19,28H,1-2H3,(H,31,33)/t28-/m0/s1. The molecular weight excluding hydrogens is 438 g/mol. The fourth-order valence-corrected chi connectivity index (χ4v) is 3.54. The van der Waals surface area contributed by atoms with Gasteiger partial charge >= 0.3 is 5.97 Å². The van der Waals surface area contributed by atoms with Crippen LogP contribution in [-0.4, -0.2) is 17.7 Å². The van der Waals surface area contributed by atoms with E-state index in [4.69, 9.17) is 4.74 Å². The summed E-state index contributed by atoms with van der Waals surface area (Å²) in [6, 6.07) is 29.7. The second-order valence-electron chi connectivity index (χ2n) is 8.32. The average molecular weight is 464 g/mol. The number of hydrogen-bond donors (Lipinski definition) is 1. The highest BCUT2D eigenvalue weighted by Crippen LogP contribution is 2.25. The topological polar surface area (TPSA) is 72.5 Å². The SMILES string of the molecule is Cc1ccc(C(=O)Nc2ccc(C(=O)O[C@H](C(=O)c3ccc(C)cc3)c3ccccc3)cc2)cc1. The predicted octanol–water partition coefficient (Wildman–Crippen LogP) is 6.34. The fourth-order valence-electron chi connectivity index (χ4n) is 3.54. The molecule has 0 bridgehead atoms. The molecule has 1 N–H and O–H groups in total. The van der Waals surface area contributed by atoms with Gasteiger partial charge in [0.1, 0.15) is 0 Å². The number of rotatable bonds is 7. The van der Waals surface area contributed by atoms with Gasteiger partial charge in [-0.25, -0.2) is 4.79 Å². The molecule has 5 nitrogen and oxygen atoms in total. The predicted molar refractivity (Wildman–Crippen MR) is 136 cm³/mol. The van der Waals surface area contributed by atoms with Crippen LogP contribution in [0.25, 0.3) is 0 Å². The van der Waals surface area contributed by atoms with Gasteiger partial charge in [-0.05, 0) is 50.2 Å². The summed E-state index contributed by atoms with van der Waals surface area (Å²) in [4.78, 5) is 38.6. The first kappa shape index (κ1) is 23.6. The van der Waals surface area contributed by atoms with Gasteiger partial charge in [0.05, 0.1) is 5.56 Å². The van der Waals surface area contributed by atoms with Crippen LogP contribution in [0.4, 0.5) is 5.69 Å². The van der Waals surface area contributed by atoms with E-state index in [2.05, 4.69) is 5.32 Å². The van der Waals surface area contributed by atoms with E-state index in [1.165, 1.54) is 0 Å². The lowest BCUT2D eigenvalue weighted by Crippen LogP contribution is -2.20. The molecule has 4 aromatic carbocycles. The second kappa shape index (κ2) is 10.6. The molecule has 174 valence electrons. The van der Waals surface area contributed by atoms with Crippen molar-refractivity contribution in [1.29, 1.82) is 0 Å². The van der Waals surface area contributed by atoms with Gasteiger partial charge in [0.15, 0.2) is 6.10 Å². The highest BCUT2D eigenvalue weighted by Gasteiger charge is 2.26. The Morgan fingerprint density at radius 2 is 1.14 bits per heavy atom. The molecule has 0 saturated heterocycles. The van der Waals surface area contributed by atoms with E-state index >= 15 is 0 Å². The highest BCUT2D eigenvalue weighted by molar-refractivity contribution is 6.05. The summed E-state index contributed by atoms with van der Waals surface area (Å²) in [6.45, 7) is 3.89. The molecule has 0 fully saturated rings. The van der Waals surface area contributed by atoms with Gasteiger partial charge in [-0.1, -0.05) is 77.9 Å². The number of esters is 1. The third-order valence-corrected chi connectivity index (χ3v) is 5.59. The van der Waals surface area contributed by atoms with Crippen molar-refractivity contribution in [1.82, 2.24) is 0 Å². The number of benzene rings is 4. The minimum Gasteiger partial charge on any atom is -0.445 e. The van der Waals surface area contributed by atoms with Crippen LogP contribution in [0.3, 0.4) is 0 Å². The summed E-state index contributed by atoms with van der Waals surface area (Å²) in [6.07, 6.45) is -1.08. The van der Waals surface area contributed by atoms with Gasteiger partial charge in [-0.3, -0.25) is 9.59 Å². The molecule has 5 heteroatoms. The normalized spacial score (nSPS) is 11.4. The van der Waals surface area contributed by atoms with Gasteiger partial charge in [0.2, 0.25) is 5.78 Å². The number of carbonyl (C=O) groups is 3. The first-order valence-electron chi connectivity index (χ1n) is 11.3. The summed E-state index contributed by atoms with van der Waals surface area (Å²) in [5.41, 5.74) is 4.51. The lowest BCUT2D eigenvalue weighted by molar-refractivity contribution is 0.0280. The maximum absolute atomic E-state index is 13.2. The van der Waals surface area contributed by atoms with Gasteiger partial charge in [0, 0.05) is 22.4 Å². The third-order valence-electron chi connectivity index (χ3n) is 5.59. The molecule has 0 aromatic heterocycles. The molecule has 0 radical (unpaired) electrons. The molecule has 35 heavy (non-hydrogen) atoms. The van der Waals surface area contributed by atoms with Gasteiger partial charge in [-0.2, -0.15) is 0 Å². The number of aryl methyl sites for hydroxylation is 2. The van der Waals surface area contributed by atoms with Gasteiger partial charge in [-0.15, -0.1) is 0 Å². The molecule has 0 aliphatic carbocycles.